The summed E-state index contributed by atoms with van der Waals surface area (Å²) in [5.41, 5.74) is 1.23. The van der Waals surface area contributed by atoms with Crippen LogP contribution in [-0.2, 0) is 17.6 Å². The van der Waals surface area contributed by atoms with E-state index in [9.17, 15) is 9.59 Å². The summed E-state index contributed by atoms with van der Waals surface area (Å²) in [5, 5.41) is 3.19. The average Bonchev–Trinajstić information content (AvgIpc) is 3.38. The molecule has 1 unspecified atom stereocenters. The van der Waals surface area contributed by atoms with Gasteiger partial charge >= 0.3 is 0 Å². The molecule has 0 aromatic carbocycles. The Morgan fingerprint density at radius 3 is 2.64 bits per heavy atom. The van der Waals surface area contributed by atoms with Crippen molar-refractivity contribution >= 4 is 23.2 Å². The molecule has 1 atom stereocenters. The number of hydrogen-bond donors (Lipinski definition) is 1. The number of aryl methyl sites for hydroxylation is 1. The van der Waals surface area contributed by atoms with E-state index in [1.165, 1.54) is 36.4 Å². The molecule has 0 saturated carbocycles. The fraction of sp³-hybridized carbons (Fsp3) is 0.727. The smallest absolute Gasteiger partial charge is 0.263 e. The summed E-state index contributed by atoms with van der Waals surface area (Å²) in [6, 6.07) is 2.07. The Kier molecular flexibility index (Phi) is 6.36. The van der Waals surface area contributed by atoms with Gasteiger partial charge in [-0.15, -0.1) is 11.3 Å². The van der Waals surface area contributed by atoms with E-state index < -0.39 is 0 Å². The highest BCUT2D eigenvalue weighted by Crippen LogP contribution is 2.33. The SMILES string of the molecule is CN1CCC(CCNC(=O)C2CCc3sc(C(=O)N4CCCC4)cc3C2)CC1. The number of piperidine rings is 1. The molecule has 2 fully saturated rings. The van der Waals surface area contributed by atoms with Crippen molar-refractivity contribution in [2.75, 3.05) is 39.8 Å². The predicted octanol–water partition coefficient (Wildman–Crippen LogP) is 2.94. The zero-order chi connectivity index (χ0) is 19.5. The van der Waals surface area contributed by atoms with Crippen LogP contribution in [0.4, 0.5) is 0 Å². The van der Waals surface area contributed by atoms with E-state index in [0.29, 0.717) is 0 Å². The molecule has 4 rings (SSSR count). The minimum atomic E-state index is 0.0642. The normalized spacial score (nSPS) is 23.6. The fourth-order valence-corrected chi connectivity index (χ4v) is 6.00. The minimum absolute atomic E-state index is 0.0642. The number of carbonyl (C=O) groups is 2. The number of amides is 2. The van der Waals surface area contributed by atoms with Crippen molar-refractivity contribution in [3.8, 4) is 0 Å². The maximum absolute atomic E-state index is 12.7. The number of nitrogens with zero attached hydrogens (tertiary/aromatic N) is 2. The Hall–Kier alpha value is -1.40. The summed E-state index contributed by atoms with van der Waals surface area (Å²) in [6.07, 6.45) is 8.48. The third-order valence-electron chi connectivity index (χ3n) is 6.75. The van der Waals surface area contributed by atoms with Gasteiger partial charge in [-0.1, -0.05) is 0 Å². The lowest BCUT2D eigenvalue weighted by Crippen LogP contribution is -2.36. The van der Waals surface area contributed by atoms with Gasteiger partial charge in [-0.05, 0) is 89.1 Å². The molecule has 154 valence electrons. The number of rotatable bonds is 5. The lowest BCUT2D eigenvalue weighted by Gasteiger charge is -2.29. The number of fused-ring (bicyclic) bond motifs is 1. The summed E-state index contributed by atoms with van der Waals surface area (Å²) in [6.45, 7) is 4.95. The van der Waals surface area contributed by atoms with Crippen molar-refractivity contribution in [2.45, 2.75) is 51.4 Å². The number of thiophene rings is 1. The highest BCUT2D eigenvalue weighted by atomic mass is 32.1. The molecule has 1 aromatic heterocycles. The van der Waals surface area contributed by atoms with Crippen LogP contribution in [0.5, 0.6) is 0 Å². The molecule has 5 nitrogen and oxygen atoms in total. The van der Waals surface area contributed by atoms with Crippen LogP contribution in [0.25, 0.3) is 0 Å². The largest absolute Gasteiger partial charge is 0.356 e. The highest BCUT2D eigenvalue weighted by Gasteiger charge is 2.29. The molecule has 0 bridgehead atoms. The molecule has 2 amide bonds. The van der Waals surface area contributed by atoms with E-state index in [-0.39, 0.29) is 17.7 Å². The molecule has 2 saturated heterocycles. The molecule has 0 radical (unpaired) electrons. The monoisotopic (exact) mass is 403 g/mol. The van der Waals surface area contributed by atoms with E-state index >= 15 is 0 Å². The van der Waals surface area contributed by atoms with Crippen LogP contribution >= 0.6 is 11.3 Å². The maximum atomic E-state index is 12.7. The van der Waals surface area contributed by atoms with Crippen LogP contribution < -0.4 is 5.32 Å². The lowest BCUT2D eigenvalue weighted by molar-refractivity contribution is -0.125. The molecule has 6 heteroatoms. The topological polar surface area (TPSA) is 52.7 Å². The zero-order valence-electron chi connectivity index (χ0n) is 17.0. The summed E-state index contributed by atoms with van der Waals surface area (Å²) < 4.78 is 0. The summed E-state index contributed by atoms with van der Waals surface area (Å²) >= 11 is 1.65. The Labute approximate surface area is 172 Å². The third kappa shape index (κ3) is 4.60. The van der Waals surface area contributed by atoms with E-state index in [4.69, 9.17) is 0 Å². The van der Waals surface area contributed by atoms with Gasteiger partial charge in [0.2, 0.25) is 5.91 Å². The fourth-order valence-electron chi connectivity index (χ4n) is 4.82. The van der Waals surface area contributed by atoms with Gasteiger partial charge in [0, 0.05) is 30.4 Å². The van der Waals surface area contributed by atoms with Gasteiger partial charge in [-0.25, -0.2) is 0 Å². The highest BCUT2D eigenvalue weighted by molar-refractivity contribution is 7.14. The first-order valence-electron chi connectivity index (χ1n) is 11.0. The van der Waals surface area contributed by atoms with Crippen LogP contribution in [0.15, 0.2) is 6.07 Å². The van der Waals surface area contributed by atoms with Crippen LogP contribution in [-0.4, -0.2) is 61.4 Å². The van der Waals surface area contributed by atoms with E-state index in [2.05, 4.69) is 23.3 Å². The molecule has 3 heterocycles. The Morgan fingerprint density at radius 2 is 1.89 bits per heavy atom. The Morgan fingerprint density at radius 1 is 1.14 bits per heavy atom. The van der Waals surface area contributed by atoms with Crippen molar-refractivity contribution in [2.24, 2.45) is 11.8 Å². The van der Waals surface area contributed by atoms with E-state index in [1.807, 2.05) is 4.90 Å². The third-order valence-corrected chi connectivity index (χ3v) is 7.97. The van der Waals surface area contributed by atoms with Gasteiger partial charge in [0.15, 0.2) is 0 Å². The van der Waals surface area contributed by atoms with E-state index in [0.717, 1.165) is 69.0 Å². The molecule has 2 aliphatic heterocycles. The van der Waals surface area contributed by atoms with Gasteiger partial charge < -0.3 is 15.1 Å². The second-order valence-electron chi connectivity index (χ2n) is 8.82. The molecule has 28 heavy (non-hydrogen) atoms. The van der Waals surface area contributed by atoms with Crippen molar-refractivity contribution in [3.63, 3.8) is 0 Å². The summed E-state index contributed by atoms with van der Waals surface area (Å²) in [5.74, 6) is 1.22. The lowest BCUT2D eigenvalue weighted by atomic mass is 9.87. The first-order chi connectivity index (χ1) is 13.6. The van der Waals surface area contributed by atoms with Crippen molar-refractivity contribution in [3.05, 3.63) is 21.4 Å². The maximum Gasteiger partial charge on any atom is 0.263 e. The Balaban J connectivity index is 1.26. The molecular formula is C22H33N3O2S. The molecule has 1 N–H and O–H groups in total. The first kappa shape index (κ1) is 19.9. The number of carbonyl (C=O) groups excluding carboxylic acids is 2. The summed E-state index contributed by atoms with van der Waals surface area (Å²) in [4.78, 5) is 31.9. The van der Waals surface area contributed by atoms with Gasteiger partial charge in [0.05, 0.1) is 4.88 Å². The van der Waals surface area contributed by atoms with Gasteiger partial charge in [-0.2, -0.15) is 0 Å². The van der Waals surface area contributed by atoms with Gasteiger partial charge in [0.25, 0.3) is 5.91 Å². The summed E-state index contributed by atoms with van der Waals surface area (Å²) in [7, 11) is 2.18. The zero-order valence-corrected chi connectivity index (χ0v) is 17.9. The molecule has 1 aliphatic carbocycles. The van der Waals surface area contributed by atoms with Crippen LogP contribution in [0.2, 0.25) is 0 Å². The molecule has 0 spiro atoms. The van der Waals surface area contributed by atoms with E-state index in [1.54, 1.807) is 11.3 Å². The van der Waals surface area contributed by atoms with Crippen LogP contribution in [0.1, 0.15) is 58.6 Å². The van der Waals surface area contributed by atoms with Crippen molar-refractivity contribution < 1.29 is 9.59 Å². The van der Waals surface area contributed by atoms with Gasteiger partial charge in [0.1, 0.15) is 0 Å². The Bertz CT molecular complexity index is 703. The van der Waals surface area contributed by atoms with Gasteiger partial charge in [-0.3, -0.25) is 9.59 Å². The number of nitrogens with one attached hydrogen (secondary N) is 1. The standard InChI is InChI=1S/C22H33N3O2S/c1-24-12-7-16(8-13-24)6-9-23-21(26)17-4-5-19-18(14-17)15-20(28-19)22(27)25-10-2-3-11-25/h15-17H,2-14H2,1H3,(H,23,26). The predicted molar refractivity (Wildman–Crippen MR) is 113 cm³/mol. The quantitative estimate of drug-likeness (QED) is 0.822. The minimum Gasteiger partial charge on any atom is -0.356 e. The van der Waals surface area contributed by atoms with Crippen molar-refractivity contribution in [1.29, 1.82) is 0 Å². The number of likely N-dealkylation sites (tertiary alicyclic amines) is 2. The van der Waals surface area contributed by atoms with Crippen molar-refractivity contribution in [1.82, 2.24) is 15.1 Å². The second-order valence-corrected chi connectivity index (χ2v) is 9.96. The van der Waals surface area contributed by atoms with Crippen LogP contribution in [0.3, 0.4) is 0 Å². The first-order valence-corrected chi connectivity index (χ1v) is 11.8. The van der Waals surface area contributed by atoms with Crippen LogP contribution in [0, 0.1) is 11.8 Å². The second kappa shape index (κ2) is 8.95. The average molecular weight is 404 g/mol. The molecule has 3 aliphatic rings. The molecule has 1 aromatic rings. The number of hydrogen-bond acceptors (Lipinski definition) is 4. The molecular weight excluding hydrogens is 370 g/mol.